The van der Waals surface area contributed by atoms with Crippen LogP contribution in [0.2, 0.25) is 0 Å². The number of carbonyl (C=O) groups is 1. The lowest BCUT2D eigenvalue weighted by atomic mass is 10.1. The molecule has 0 saturated heterocycles. The Kier molecular flexibility index (Phi) is 4.49. The highest BCUT2D eigenvalue weighted by Crippen LogP contribution is 2.21. The van der Waals surface area contributed by atoms with E-state index in [2.05, 4.69) is 44.5 Å². The standard InChI is InChI=1S/C9H8Br2OS/c10-4-3-9(12)7-2-1-6(13)5-8(7)11/h1-2,5,13H,3-4H2. The molecule has 0 aliphatic carbocycles. The Hall–Kier alpha value is 0.200. The maximum Gasteiger partial charge on any atom is 0.164 e. The molecule has 0 heterocycles. The summed E-state index contributed by atoms with van der Waals surface area (Å²) in [7, 11) is 0. The Morgan fingerprint density at radius 3 is 2.69 bits per heavy atom. The molecule has 0 aliphatic heterocycles. The number of ketones is 1. The van der Waals surface area contributed by atoms with Crippen LogP contribution in [0.1, 0.15) is 16.8 Å². The summed E-state index contributed by atoms with van der Waals surface area (Å²) < 4.78 is 0.811. The van der Waals surface area contributed by atoms with Crippen molar-refractivity contribution < 1.29 is 4.79 Å². The minimum absolute atomic E-state index is 0.136. The molecule has 1 aromatic carbocycles. The Labute approximate surface area is 99.6 Å². The van der Waals surface area contributed by atoms with Crippen molar-refractivity contribution in [2.24, 2.45) is 0 Å². The molecule has 1 nitrogen and oxygen atoms in total. The van der Waals surface area contributed by atoms with E-state index in [1.807, 2.05) is 12.1 Å². The van der Waals surface area contributed by atoms with E-state index < -0.39 is 0 Å². The largest absolute Gasteiger partial charge is 0.294 e. The molecule has 0 spiro atoms. The molecule has 70 valence electrons. The molecule has 0 radical (unpaired) electrons. The molecule has 0 atom stereocenters. The molecular formula is C9H8Br2OS. The van der Waals surface area contributed by atoms with Gasteiger partial charge in [0.05, 0.1) is 0 Å². The smallest absolute Gasteiger partial charge is 0.164 e. The van der Waals surface area contributed by atoms with Gasteiger partial charge in [0.25, 0.3) is 0 Å². The van der Waals surface area contributed by atoms with Crippen LogP contribution in [0.3, 0.4) is 0 Å². The summed E-state index contributed by atoms with van der Waals surface area (Å²) in [4.78, 5) is 12.3. The van der Waals surface area contributed by atoms with Crippen molar-refractivity contribution >= 4 is 50.3 Å². The highest BCUT2D eigenvalue weighted by Gasteiger charge is 2.08. The van der Waals surface area contributed by atoms with Gasteiger partial charge < -0.3 is 0 Å². The van der Waals surface area contributed by atoms with E-state index in [0.717, 1.165) is 14.9 Å². The zero-order valence-electron chi connectivity index (χ0n) is 6.76. The molecule has 0 aromatic heterocycles. The topological polar surface area (TPSA) is 17.1 Å². The van der Waals surface area contributed by atoms with Gasteiger partial charge in [0.2, 0.25) is 0 Å². The summed E-state index contributed by atoms with van der Waals surface area (Å²) in [6.45, 7) is 0. The number of hydrogen-bond donors (Lipinski definition) is 1. The molecule has 0 aliphatic rings. The Balaban J connectivity index is 2.95. The van der Waals surface area contributed by atoms with E-state index in [4.69, 9.17) is 0 Å². The van der Waals surface area contributed by atoms with Gasteiger partial charge in [0.1, 0.15) is 0 Å². The molecule has 0 bridgehead atoms. The van der Waals surface area contributed by atoms with Gasteiger partial charge in [-0.15, -0.1) is 12.6 Å². The fourth-order valence-electron chi connectivity index (χ4n) is 0.951. The molecule has 4 heteroatoms. The van der Waals surface area contributed by atoms with Gasteiger partial charge in [0.15, 0.2) is 5.78 Å². The summed E-state index contributed by atoms with van der Waals surface area (Å²) in [5.41, 5.74) is 0.720. The quantitative estimate of drug-likeness (QED) is 0.510. The van der Waals surface area contributed by atoms with Crippen molar-refractivity contribution in [2.75, 3.05) is 5.33 Å². The molecule has 0 N–H and O–H groups in total. The van der Waals surface area contributed by atoms with Gasteiger partial charge in [-0.3, -0.25) is 4.79 Å². The first-order valence-corrected chi connectivity index (χ1v) is 6.09. The number of rotatable bonds is 3. The van der Waals surface area contributed by atoms with Crippen LogP contribution >= 0.6 is 44.5 Å². The van der Waals surface area contributed by atoms with Gasteiger partial charge in [0, 0.05) is 26.7 Å². The summed E-state index contributed by atoms with van der Waals surface area (Å²) in [5, 5.41) is 0.695. The third-order valence-electron chi connectivity index (χ3n) is 1.57. The lowest BCUT2D eigenvalue weighted by Crippen LogP contribution is -2.00. The molecule has 0 unspecified atom stereocenters. The summed E-state index contributed by atoms with van der Waals surface area (Å²) in [6.07, 6.45) is 0.518. The molecule has 0 amide bonds. The molecule has 0 saturated carbocycles. The second-order valence-electron chi connectivity index (χ2n) is 2.53. The highest BCUT2D eigenvalue weighted by atomic mass is 79.9. The Morgan fingerprint density at radius 2 is 2.15 bits per heavy atom. The summed E-state index contributed by atoms with van der Waals surface area (Å²) in [5.74, 6) is 0.136. The van der Waals surface area contributed by atoms with Gasteiger partial charge in [-0.2, -0.15) is 0 Å². The fraction of sp³-hybridized carbons (Fsp3) is 0.222. The second-order valence-corrected chi connectivity index (χ2v) is 4.69. The number of benzene rings is 1. The molecular weight excluding hydrogens is 316 g/mol. The van der Waals surface area contributed by atoms with Crippen LogP contribution < -0.4 is 0 Å². The maximum atomic E-state index is 11.5. The number of alkyl halides is 1. The SMILES string of the molecule is O=C(CCBr)c1ccc(S)cc1Br. The summed E-state index contributed by atoms with van der Waals surface area (Å²) >= 11 is 10.7. The Bertz CT molecular complexity index is 325. The van der Waals surface area contributed by atoms with E-state index >= 15 is 0 Å². The van der Waals surface area contributed by atoms with E-state index in [-0.39, 0.29) is 5.78 Å². The van der Waals surface area contributed by atoms with E-state index in [1.165, 1.54) is 0 Å². The molecule has 1 aromatic rings. The van der Waals surface area contributed by atoms with Crippen molar-refractivity contribution in [3.8, 4) is 0 Å². The predicted octanol–water partition coefficient (Wildman–Crippen LogP) is 3.71. The number of thiol groups is 1. The zero-order valence-corrected chi connectivity index (χ0v) is 10.8. The van der Waals surface area contributed by atoms with Crippen LogP contribution in [0, 0.1) is 0 Å². The van der Waals surface area contributed by atoms with Crippen molar-refractivity contribution in [3.05, 3.63) is 28.2 Å². The average molecular weight is 324 g/mol. The number of hydrogen-bond acceptors (Lipinski definition) is 2. The van der Waals surface area contributed by atoms with Crippen LogP contribution in [0.4, 0.5) is 0 Å². The van der Waals surface area contributed by atoms with Crippen molar-refractivity contribution in [2.45, 2.75) is 11.3 Å². The van der Waals surface area contributed by atoms with Crippen LogP contribution in [0.15, 0.2) is 27.6 Å². The van der Waals surface area contributed by atoms with Gasteiger partial charge >= 0.3 is 0 Å². The number of carbonyl (C=O) groups excluding carboxylic acids is 1. The van der Waals surface area contributed by atoms with Crippen LogP contribution in [-0.4, -0.2) is 11.1 Å². The maximum absolute atomic E-state index is 11.5. The Morgan fingerprint density at radius 1 is 1.46 bits per heavy atom. The van der Waals surface area contributed by atoms with Crippen molar-refractivity contribution in [3.63, 3.8) is 0 Å². The molecule has 13 heavy (non-hydrogen) atoms. The molecule has 0 fully saturated rings. The third-order valence-corrected chi connectivity index (χ3v) is 2.91. The van der Waals surface area contributed by atoms with E-state index in [0.29, 0.717) is 11.8 Å². The van der Waals surface area contributed by atoms with Crippen LogP contribution in [-0.2, 0) is 0 Å². The zero-order chi connectivity index (χ0) is 9.84. The normalized spacial score (nSPS) is 10.1. The first kappa shape index (κ1) is 11.3. The van der Waals surface area contributed by atoms with Crippen LogP contribution in [0.5, 0.6) is 0 Å². The van der Waals surface area contributed by atoms with Gasteiger partial charge in [-0.25, -0.2) is 0 Å². The lowest BCUT2D eigenvalue weighted by Gasteiger charge is -2.02. The van der Waals surface area contributed by atoms with Crippen molar-refractivity contribution in [1.29, 1.82) is 0 Å². The highest BCUT2D eigenvalue weighted by molar-refractivity contribution is 9.10. The van der Waals surface area contributed by atoms with E-state index in [1.54, 1.807) is 6.07 Å². The van der Waals surface area contributed by atoms with Gasteiger partial charge in [-0.1, -0.05) is 31.9 Å². The van der Waals surface area contributed by atoms with E-state index in [9.17, 15) is 4.79 Å². The molecule has 1 rings (SSSR count). The number of Topliss-reactive ketones (excluding diaryl/α,β-unsaturated/α-hetero) is 1. The summed E-state index contributed by atoms with van der Waals surface area (Å²) in [6, 6.07) is 5.43. The van der Waals surface area contributed by atoms with Crippen molar-refractivity contribution in [1.82, 2.24) is 0 Å². The number of halogens is 2. The van der Waals surface area contributed by atoms with Crippen LogP contribution in [0.25, 0.3) is 0 Å². The minimum atomic E-state index is 0.136. The van der Waals surface area contributed by atoms with Gasteiger partial charge in [-0.05, 0) is 18.2 Å². The minimum Gasteiger partial charge on any atom is -0.294 e. The fourth-order valence-corrected chi connectivity index (χ4v) is 2.29. The lowest BCUT2D eigenvalue weighted by molar-refractivity contribution is 0.0989. The first-order chi connectivity index (χ1) is 6.15. The third kappa shape index (κ3) is 3.11. The second kappa shape index (κ2) is 5.17. The first-order valence-electron chi connectivity index (χ1n) is 3.73. The predicted molar refractivity (Wildman–Crippen MR) is 64.1 cm³/mol. The monoisotopic (exact) mass is 322 g/mol. The average Bonchev–Trinajstić information content (AvgIpc) is 2.04.